The molecule has 0 saturated carbocycles. The lowest BCUT2D eigenvalue weighted by Gasteiger charge is -2.12. The highest BCUT2D eigenvalue weighted by molar-refractivity contribution is 5.75. The molecule has 0 aliphatic rings. The van der Waals surface area contributed by atoms with Crippen molar-refractivity contribution < 1.29 is 9.63 Å². The van der Waals surface area contributed by atoms with Crippen LogP contribution in [0.4, 0.5) is 0 Å². The van der Waals surface area contributed by atoms with Gasteiger partial charge in [0.15, 0.2) is 0 Å². The minimum absolute atomic E-state index is 0.0693. The van der Waals surface area contributed by atoms with E-state index in [-0.39, 0.29) is 11.9 Å². The SMILES string of the molecule is CONC(=O)CC(N)CC(C)C. The van der Waals surface area contributed by atoms with Crippen LogP contribution in [0.25, 0.3) is 0 Å². The van der Waals surface area contributed by atoms with Crippen LogP contribution in [-0.2, 0) is 9.63 Å². The fourth-order valence-corrected chi connectivity index (χ4v) is 1.08. The van der Waals surface area contributed by atoms with E-state index in [2.05, 4.69) is 24.2 Å². The first-order valence-corrected chi connectivity index (χ1v) is 4.13. The van der Waals surface area contributed by atoms with Crippen LogP contribution in [0, 0.1) is 5.92 Å². The maximum atomic E-state index is 10.9. The fourth-order valence-electron chi connectivity index (χ4n) is 1.08. The van der Waals surface area contributed by atoms with Crippen molar-refractivity contribution in [2.45, 2.75) is 32.7 Å². The monoisotopic (exact) mass is 174 g/mol. The van der Waals surface area contributed by atoms with Gasteiger partial charge in [0.05, 0.1) is 7.11 Å². The first kappa shape index (κ1) is 11.4. The Balaban J connectivity index is 3.54. The number of hydrogen-bond acceptors (Lipinski definition) is 3. The van der Waals surface area contributed by atoms with Crippen molar-refractivity contribution in [1.29, 1.82) is 0 Å². The number of hydroxylamine groups is 1. The zero-order valence-corrected chi connectivity index (χ0v) is 7.96. The van der Waals surface area contributed by atoms with Crippen molar-refractivity contribution >= 4 is 5.91 Å². The number of nitrogens with one attached hydrogen (secondary N) is 1. The van der Waals surface area contributed by atoms with E-state index in [0.29, 0.717) is 12.3 Å². The quantitative estimate of drug-likeness (QED) is 0.594. The largest absolute Gasteiger partial charge is 0.327 e. The molecule has 0 saturated heterocycles. The Bertz CT molecular complexity index is 137. The lowest BCUT2D eigenvalue weighted by molar-refractivity contribution is -0.131. The van der Waals surface area contributed by atoms with E-state index < -0.39 is 0 Å². The molecule has 0 fully saturated rings. The molecule has 0 aromatic carbocycles. The van der Waals surface area contributed by atoms with Crippen LogP contribution >= 0.6 is 0 Å². The van der Waals surface area contributed by atoms with Gasteiger partial charge in [-0.15, -0.1) is 0 Å². The lowest BCUT2D eigenvalue weighted by Crippen LogP contribution is -2.31. The molecule has 72 valence electrons. The topological polar surface area (TPSA) is 64.3 Å². The second-order valence-electron chi connectivity index (χ2n) is 3.32. The maximum absolute atomic E-state index is 10.9. The molecule has 0 aromatic rings. The lowest BCUT2D eigenvalue weighted by atomic mass is 10.0. The normalized spacial score (nSPS) is 13.1. The summed E-state index contributed by atoms with van der Waals surface area (Å²) in [5.41, 5.74) is 7.92. The molecule has 0 spiro atoms. The number of hydrogen-bond donors (Lipinski definition) is 2. The van der Waals surface area contributed by atoms with Crippen molar-refractivity contribution in [2.24, 2.45) is 11.7 Å². The Kier molecular flexibility index (Phi) is 5.66. The summed E-state index contributed by atoms with van der Waals surface area (Å²) in [6.45, 7) is 4.15. The van der Waals surface area contributed by atoms with E-state index in [9.17, 15) is 4.79 Å². The Morgan fingerprint density at radius 3 is 2.58 bits per heavy atom. The first-order valence-electron chi connectivity index (χ1n) is 4.13. The van der Waals surface area contributed by atoms with Crippen LogP contribution in [0.15, 0.2) is 0 Å². The summed E-state index contributed by atoms with van der Waals surface area (Å²) in [4.78, 5) is 15.4. The highest BCUT2D eigenvalue weighted by Crippen LogP contribution is 2.04. The average molecular weight is 174 g/mol. The van der Waals surface area contributed by atoms with Crippen LogP contribution in [-0.4, -0.2) is 19.1 Å². The van der Waals surface area contributed by atoms with Gasteiger partial charge in [-0.25, -0.2) is 5.48 Å². The Labute approximate surface area is 73.4 Å². The fraction of sp³-hybridized carbons (Fsp3) is 0.875. The second kappa shape index (κ2) is 5.97. The van der Waals surface area contributed by atoms with Gasteiger partial charge in [0.25, 0.3) is 0 Å². The van der Waals surface area contributed by atoms with Gasteiger partial charge in [0.2, 0.25) is 5.91 Å². The smallest absolute Gasteiger partial charge is 0.245 e. The highest BCUT2D eigenvalue weighted by Gasteiger charge is 2.10. The van der Waals surface area contributed by atoms with Gasteiger partial charge < -0.3 is 5.73 Å². The zero-order chi connectivity index (χ0) is 9.56. The third kappa shape index (κ3) is 6.12. The molecule has 1 amide bonds. The molecule has 0 aliphatic carbocycles. The molecule has 0 bridgehead atoms. The molecule has 4 heteroatoms. The van der Waals surface area contributed by atoms with E-state index in [4.69, 9.17) is 5.73 Å². The molecule has 3 N–H and O–H groups in total. The molecule has 0 aromatic heterocycles. The first-order chi connectivity index (χ1) is 5.56. The van der Waals surface area contributed by atoms with Crippen molar-refractivity contribution in [1.82, 2.24) is 5.48 Å². The van der Waals surface area contributed by atoms with E-state index in [1.165, 1.54) is 7.11 Å². The van der Waals surface area contributed by atoms with Gasteiger partial charge in [-0.05, 0) is 12.3 Å². The highest BCUT2D eigenvalue weighted by atomic mass is 16.6. The molecule has 0 aliphatic heterocycles. The summed E-state index contributed by atoms with van der Waals surface area (Å²) < 4.78 is 0. The molecule has 0 heterocycles. The molecule has 0 radical (unpaired) electrons. The Morgan fingerprint density at radius 2 is 2.17 bits per heavy atom. The summed E-state index contributed by atoms with van der Waals surface area (Å²) in [6, 6.07) is -0.0693. The van der Waals surface area contributed by atoms with E-state index in [1.807, 2.05) is 0 Å². The van der Waals surface area contributed by atoms with Gasteiger partial charge in [-0.2, -0.15) is 0 Å². The van der Waals surface area contributed by atoms with Crippen LogP contribution in [0.3, 0.4) is 0 Å². The van der Waals surface area contributed by atoms with E-state index in [0.717, 1.165) is 6.42 Å². The van der Waals surface area contributed by atoms with Crippen molar-refractivity contribution in [3.63, 3.8) is 0 Å². The van der Waals surface area contributed by atoms with Crippen LogP contribution in [0.5, 0.6) is 0 Å². The van der Waals surface area contributed by atoms with Crippen molar-refractivity contribution in [3.8, 4) is 0 Å². The zero-order valence-electron chi connectivity index (χ0n) is 7.96. The van der Waals surface area contributed by atoms with Gasteiger partial charge in [0.1, 0.15) is 0 Å². The van der Waals surface area contributed by atoms with Crippen LogP contribution in [0.2, 0.25) is 0 Å². The third-order valence-corrected chi connectivity index (χ3v) is 1.44. The molecule has 1 unspecified atom stereocenters. The number of amides is 1. The molecule has 0 rings (SSSR count). The van der Waals surface area contributed by atoms with Crippen molar-refractivity contribution in [2.75, 3.05) is 7.11 Å². The Morgan fingerprint density at radius 1 is 1.58 bits per heavy atom. The summed E-state index contributed by atoms with van der Waals surface area (Å²) in [7, 11) is 1.41. The number of carbonyl (C=O) groups excluding carboxylic acids is 1. The van der Waals surface area contributed by atoms with E-state index in [1.54, 1.807) is 0 Å². The number of rotatable bonds is 5. The molecular weight excluding hydrogens is 156 g/mol. The molecule has 12 heavy (non-hydrogen) atoms. The van der Waals surface area contributed by atoms with Crippen molar-refractivity contribution in [3.05, 3.63) is 0 Å². The number of nitrogens with two attached hydrogens (primary N) is 1. The average Bonchev–Trinajstić information content (AvgIpc) is 1.84. The minimum Gasteiger partial charge on any atom is -0.327 e. The second-order valence-corrected chi connectivity index (χ2v) is 3.32. The molecule has 4 nitrogen and oxygen atoms in total. The maximum Gasteiger partial charge on any atom is 0.245 e. The van der Waals surface area contributed by atoms with Crippen LogP contribution in [0.1, 0.15) is 26.7 Å². The minimum atomic E-state index is -0.161. The summed E-state index contributed by atoms with van der Waals surface area (Å²) in [5, 5.41) is 0. The van der Waals surface area contributed by atoms with Crippen LogP contribution < -0.4 is 11.2 Å². The van der Waals surface area contributed by atoms with E-state index >= 15 is 0 Å². The summed E-state index contributed by atoms with van der Waals surface area (Å²) >= 11 is 0. The van der Waals surface area contributed by atoms with Gasteiger partial charge >= 0.3 is 0 Å². The standard InChI is InChI=1S/C8H18N2O2/c1-6(2)4-7(9)5-8(11)10-12-3/h6-7H,4-5,9H2,1-3H3,(H,10,11). The third-order valence-electron chi connectivity index (χ3n) is 1.44. The predicted octanol–water partition coefficient (Wildman–Crippen LogP) is 0.427. The Hall–Kier alpha value is -0.610. The predicted molar refractivity (Wildman–Crippen MR) is 47.2 cm³/mol. The summed E-state index contributed by atoms with van der Waals surface area (Å²) in [5.74, 6) is 0.362. The molecule has 1 atom stereocenters. The summed E-state index contributed by atoms with van der Waals surface area (Å²) in [6.07, 6.45) is 1.18. The van der Waals surface area contributed by atoms with Gasteiger partial charge in [0, 0.05) is 12.5 Å². The molecular formula is C8H18N2O2. The van der Waals surface area contributed by atoms with Gasteiger partial charge in [-0.1, -0.05) is 13.8 Å². The van der Waals surface area contributed by atoms with Gasteiger partial charge in [-0.3, -0.25) is 9.63 Å². The number of carbonyl (C=O) groups is 1.